The lowest BCUT2D eigenvalue weighted by molar-refractivity contribution is 0.117. The molecular formula is C13H17NO. The van der Waals surface area contributed by atoms with Crippen LogP contribution in [0.1, 0.15) is 24.8 Å². The average Bonchev–Trinajstić information content (AvgIpc) is 2.69. The van der Waals surface area contributed by atoms with E-state index in [0.29, 0.717) is 12.6 Å². The summed E-state index contributed by atoms with van der Waals surface area (Å²) in [6, 6.07) is 8.97. The van der Waals surface area contributed by atoms with Crippen LogP contribution in [0.5, 0.6) is 0 Å². The number of nitrogens with one attached hydrogen (secondary N) is 1. The van der Waals surface area contributed by atoms with E-state index in [1.807, 2.05) is 0 Å². The van der Waals surface area contributed by atoms with Gasteiger partial charge in [0.15, 0.2) is 0 Å². The van der Waals surface area contributed by atoms with Crippen LogP contribution in [0.3, 0.4) is 0 Å². The number of benzene rings is 1. The predicted molar refractivity (Wildman–Crippen MR) is 60.9 cm³/mol. The summed E-state index contributed by atoms with van der Waals surface area (Å²) < 4.78 is 0. The molecule has 1 heterocycles. The Kier molecular flexibility index (Phi) is 1.99. The van der Waals surface area contributed by atoms with Crippen LogP contribution in [0.25, 0.3) is 0 Å². The van der Waals surface area contributed by atoms with Crippen molar-refractivity contribution < 1.29 is 5.11 Å². The highest BCUT2D eigenvalue weighted by Crippen LogP contribution is 2.46. The molecule has 1 aromatic rings. The van der Waals surface area contributed by atoms with Crippen LogP contribution in [-0.4, -0.2) is 17.8 Å². The Morgan fingerprint density at radius 3 is 3.13 bits per heavy atom. The minimum Gasteiger partial charge on any atom is -0.396 e. The molecule has 0 aromatic heterocycles. The summed E-state index contributed by atoms with van der Waals surface area (Å²) in [5.74, 6) is 0. The van der Waals surface area contributed by atoms with E-state index in [9.17, 15) is 5.11 Å². The summed E-state index contributed by atoms with van der Waals surface area (Å²) in [7, 11) is 0. The minimum absolute atomic E-state index is 0.119. The Labute approximate surface area is 90.3 Å². The lowest BCUT2D eigenvalue weighted by atomic mass is 9.75. The second kappa shape index (κ2) is 3.24. The highest BCUT2D eigenvalue weighted by Gasteiger charge is 2.45. The molecule has 2 nitrogen and oxygen atoms in total. The van der Waals surface area contributed by atoms with Crippen molar-refractivity contribution in [1.82, 2.24) is 0 Å². The van der Waals surface area contributed by atoms with E-state index in [1.165, 1.54) is 24.1 Å². The van der Waals surface area contributed by atoms with Gasteiger partial charge in [0.1, 0.15) is 0 Å². The molecule has 1 aliphatic heterocycles. The fourth-order valence-electron chi connectivity index (χ4n) is 3.20. The van der Waals surface area contributed by atoms with E-state index in [1.54, 1.807) is 0 Å². The van der Waals surface area contributed by atoms with Gasteiger partial charge in [0.2, 0.25) is 0 Å². The fraction of sp³-hybridized carbons (Fsp3) is 0.538. The van der Waals surface area contributed by atoms with Gasteiger partial charge in [0.25, 0.3) is 0 Å². The van der Waals surface area contributed by atoms with Crippen molar-refractivity contribution in [2.75, 3.05) is 11.9 Å². The monoisotopic (exact) mass is 203 g/mol. The topological polar surface area (TPSA) is 32.3 Å². The van der Waals surface area contributed by atoms with Gasteiger partial charge in [0.05, 0.1) is 6.61 Å². The first-order valence-electron chi connectivity index (χ1n) is 5.79. The zero-order chi connectivity index (χ0) is 10.3. The molecule has 0 spiro atoms. The van der Waals surface area contributed by atoms with Gasteiger partial charge in [-0.05, 0) is 30.9 Å². The van der Waals surface area contributed by atoms with Crippen molar-refractivity contribution in [3.63, 3.8) is 0 Å². The van der Waals surface area contributed by atoms with Crippen molar-refractivity contribution in [3.05, 3.63) is 29.8 Å². The molecule has 2 atom stereocenters. The van der Waals surface area contributed by atoms with E-state index >= 15 is 0 Å². The number of para-hydroxylation sites is 1. The maximum absolute atomic E-state index is 9.64. The first-order valence-corrected chi connectivity index (χ1v) is 5.79. The van der Waals surface area contributed by atoms with Crippen molar-refractivity contribution in [3.8, 4) is 0 Å². The number of rotatable bonds is 1. The van der Waals surface area contributed by atoms with Gasteiger partial charge in [-0.2, -0.15) is 0 Å². The van der Waals surface area contributed by atoms with E-state index in [-0.39, 0.29) is 5.41 Å². The number of anilines is 1. The van der Waals surface area contributed by atoms with Crippen molar-refractivity contribution in [1.29, 1.82) is 0 Å². The smallest absolute Gasteiger partial charge is 0.0510 e. The van der Waals surface area contributed by atoms with Crippen LogP contribution in [0.2, 0.25) is 0 Å². The molecule has 1 saturated carbocycles. The lowest BCUT2D eigenvalue weighted by Gasteiger charge is -2.40. The third-order valence-electron chi connectivity index (χ3n) is 4.11. The molecule has 1 fully saturated rings. The second-order valence-corrected chi connectivity index (χ2v) is 4.94. The number of aliphatic hydroxyl groups is 1. The van der Waals surface area contributed by atoms with E-state index in [0.717, 1.165) is 12.8 Å². The highest BCUT2D eigenvalue weighted by molar-refractivity contribution is 5.55. The largest absolute Gasteiger partial charge is 0.396 e. The van der Waals surface area contributed by atoms with E-state index in [2.05, 4.69) is 29.6 Å². The molecular weight excluding hydrogens is 186 g/mol. The van der Waals surface area contributed by atoms with Crippen LogP contribution in [0.4, 0.5) is 5.69 Å². The lowest BCUT2D eigenvalue weighted by Crippen LogP contribution is -2.44. The average molecular weight is 203 g/mol. The Balaban J connectivity index is 2.01. The highest BCUT2D eigenvalue weighted by atomic mass is 16.3. The van der Waals surface area contributed by atoms with E-state index < -0.39 is 0 Å². The maximum atomic E-state index is 9.64. The number of aliphatic hydroxyl groups excluding tert-OH is 1. The fourth-order valence-corrected chi connectivity index (χ4v) is 3.20. The van der Waals surface area contributed by atoms with Crippen molar-refractivity contribution in [2.45, 2.75) is 31.7 Å². The number of fused-ring (bicyclic) bond motifs is 2. The van der Waals surface area contributed by atoms with Gasteiger partial charge in [-0.3, -0.25) is 0 Å². The molecule has 2 N–H and O–H groups in total. The van der Waals surface area contributed by atoms with Crippen LogP contribution in [-0.2, 0) is 6.42 Å². The molecule has 15 heavy (non-hydrogen) atoms. The summed E-state index contributed by atoms with van der Waals surface area (Å²) in [6.07, 6.45) is 4.65. The Morgan fingerprint density at radius 2 is 2.27 bits per heavy atom. The summed E-state index contributed by atoms with van der Waals surface area (Å²) in [5, 5.41) is 13.2. The standard InChI is InChI=1S/C13H17NO/c15-9-13-7-3-6-12(13)14-11-5-2-1-4-10(11)8-13/h1-2,4-5,12,14-15H,3,6-9H2. The molecule has 0 radical (unpaired) electrons. The third kappa shape index (κ3) is 1.28. The summed E-state index contributed by atoms with van der Waals surface area (Å²) in [5.41, 5.74) is 2.76. The van der Waals surface area contributed by atoms with Gasteiger partial charge in [-0.25, -0.2) is 0 Å². The molecule has 2 unspecified atom stereocenters. The molecule has 1 aliphatic carbocycles. The Bertz CT molecular complexity index is 377. The van der Waals surface area contributed by atoms with Crippen LogP contribution in [0, 0.1) is 5.41 Å². The van der Waals surface area contributed by atoms with Gasteiger partial charge < -0.3 is 10.4 Å². The molecule has 2 heteroatoms. The van der Waals surface area contributed by atoms with Crippen LogP contribution < -0.4 is 5.32 Å². The normalized spacial score (nSPS) is 33.0. The summed E-state index contributed by atoms with van der Waals surface area (Å²) in [4.78, 5) is 0. The zero-order valence-electron chi connectivity index (χ0n) is 8.87. The first-order chi connectivity index (χ1) is 7.34. The van der Waals surface area contributed by atoms with Gasteiger partial charge in [-0.1, -0.05) is 24.6 Å². The maximum Gasteiger partial charge on any atom is 0.0510 e. The number of hydrogen-bond donors (Lipinski definition) is 2. The molecule has 0 bridgehead atoms. The van der Waals surface area contributed by atoms with Gasteiger partial charge in [-0.15, -0.1) is 0 Å². The predicted octanol–water partition coefficient (Wildman–Crippen LogP) is 2.19. The third-order valence-corrected chi connectivity index (χ3v) is 4.11. The molecule has 80 valence electrons. The Hall–Kier alpha value is -1.02. The molecule has 3 rings (SSSR count). The Morgan fingerprint density at radius 1 is 1.40 bits per heavy atom. The second-order valence-electron chi connectivity index (χ2n) is 4.94. The quantitative estimate of drug-likeness (QED) is 0.733. The van der Waals surface area contributed by atoms with Crippen LogP contribution >= 0.6 is 0 Å². The van der Waals surface area contributed by atoms with Crippen molar-refractivity contribution >= 4 is 5.69 Å². The van der Waals surface area contributed by atoms with Crippen LogP contribution in [0.15, 0.2) is 24.3 Å². The number of hydrogen-bond acceptors (Lipinski definition) is 2. The zero-order valence-corrected chi connectivity index (χ0v) is 8.87. The molecule has 0 amide bonds. The SMILES string of the molecule is OCC12CCCC1Nc1ccccc1C2. The van der Waals surface area contributed by atoms with E-state index in [4.69, 9.17) is 0 Å². The first kappa shape index (κ1) is 9.22. The molecule has 1 aromatic carbocycles. The summed E-state index contributed by atoms with van der Waals surface area (Å²) in [6.45, 7) is 0.318. The van der Waals surface area contributed by atoms with Crippen molar-refractivity contribution in [2.24, 2.45) is 5.41 Å². The molecule has 2 aliphatic rings. The summed E-state index contributed by atoms with van der Waals surface area (Å²) >= 11 is 0. The van der Waals surface area contributed by atoms with Gasteiger partial charge in [0, 0.05) is 17.1 Å². The molecule has 0 saturated heterocycles. The minimum atomic E-state index is 0.119. The van der Waals surface area contributed by atoms with Gasteiger partial charge >= 0.3 is 0 Å².